The van der Waals surface area contributed by atoms with Crippen molar-refractivity contribution in [1.82, 2.24) is 4.98 Å². The van der Waals surface area contributed by atoms with Crippen LogP contribution in [0.3, 0.4) is 0 Å². The van der Waals surface area contributed by atoms with E-state index in [1.165, 1.54) is 14.0 Å². The second-order valence-electron chi connectivity index (χ2n) is 3.16. The van der Waals surface area contributed by atoms with E-state index in [4.69, 9.17) is 0 Å². The fourth-order valence-electron chi connectivity index (χ4n) is 1.22. The Hall–Kier alpha value is -1.59. The maximum Gasteiger partial charge on any atom is 0.311 e. The standard InChI is InChI=1S/C10H10F3NO2/c1-5-9(11)7(10(12)13)3-6(14-5)4-8(15)16-2/h3,10H,4H2,1-2H3. The summed E-state index contributed by atoms with van der Waals surface area (Å²) >= 11 is 0. The van der Waals surface area contributed by atoms with Crippen LogP contribution >= 0.6 is 0 Å². The highest BCUT2D eigenvalue weighted by molar-refractivity contribution is 5.71. The first-order chi connectivity index (χ1) is 7.45. The van der Waals surface area contributed by atoms with Crippen LogP contribution < -0.4 is 0 Å². The maximum absolute atomic E-state index is 13.2. The number of hydrogen-bond donors (Lipinski definition) is 0. The molecule has 6 heteroatoms. The van der Waals surface area contributed by atoms with Crippen LogP contribution in [0.4, 0.5) is 13.2 Å². The Balaban J connectivity index is 3.09. The van der Waals surface area contributed by atoms with E-state index in [1.807, 2.05) is 0 Å². The molecule has 3 nitrogen and oxygen atoms in total. The molecule has 0 aromatic carbocycles. The number of aryl methyl sites for hydroxylation is 1. The highest BCUT2D eigenvalue weighted by atomic mass is 19.3. The summed E-state index contributed by atoms with van der Waals surface area (Å²) in [5, 5.41) is 0. The van der Waals surface area contributed by atoms with Crippen LogP contribution in [0.1, 0.15) is 23.4 Å². The summed E-state index contributed by atoms with van der Waals surface area (Å²) in [6.45, 7) is 1.27. The molecule has 0 unspecified atom stereocenters. The highest BCUT2D eigenvalue weighted by Gasteiger charge is 2.18. The first-order valence-electron chi connectivity index (χ1n) is 4.46. The van der Waals surface area contributed by atoms with E-state index in [0.717, 1.165) is 6.07 Å². The molecular weight excluding hydrogens is 223 g/mol. The Labute approximate surface area is 90.2 Å². The molecule has 0 radical (unpaired) electrons. The Morgan fingerprint density at radius 3 is 2.69 bits per heavy atom. The Bertz CT molecular complexity index is 407. The molecule has 0 saturated carbocycles. The lowest BCUT2D eigenvalue weighted by molar-refractivity contribution is -0.139. The van der Waals surface area contributed by atoms with Crippen LogP contribution in [0, 0.1) is 12.7 Å². The number of aromatic nitrogens is 1. The number of carbonyl (C=O) groups excluding carboxylic acids is 1. The predicted molar refractivity (Wildman–Crippen MR) is 49.6 cm³/mol. The van der Waals surface area contributed by atoms with Crippen LogP contribution in [-0.4, -0.2) is 18.1 Å². The lowest BCUT2D eigenvalue weighted by Gasteiger charge is -2.07. The van der Waals surface area contributed by atoms with Crippen LogP contribution in [0.15, 0.2) is 6.07 Å². The van der Waals surface area contributed by atoms with Gasteiger partial charge >= 0.3 is 5.97 Å². The maximum atomic E-state index is 13.2. The highest BCUT2D eigenvalue weighted by Crippen LogP contribution is 2.24. The molecule has 0 amide bonds. The van der Waals surface area contributed by atoms with Crippen molar-refractivity contribution < 1.29 is 22.7 Å². The zero-order valence-corrected chi connectivity index (χ0v) is 8.76. The fourth-order valence-corrected chi connectivity index (χ4v) is 1.22. The van der Waals surface area contributed by atoms with Crippen molar-refractivity contribution in [3.8, 4) is 0 Å². The lowest BCUT2D eigenvalue weighted by atomic mass is 10.1. The van der Waals surface area contributed by atoms with E-state index < -0.39 is 23.8 Å². The zero-order chi connectivity index (χ0) is 12.3. The molecule has 1 heterocycles. The SMILES string of the molecule is COC(=O)Cc1cc(C(F)F)c(F)c(C)n1. The number of hydrogen-bond acceptors (Lipinski definition) is 3. The van der Waals surface area contributed by atoms with E-state index in [9.17, 15) is 18.0 Å². The van der Waals surface area contributed by atoms with Gasteiger partial charge in [0.15, 0.2) is 5.82 Å². The van der Waals surface area contributed by atoms with Gasteiger partial charge in [-0.2, -0.15) is 0 Å². The molecule has 0 atom stereocenters. The Kier molecular flexibility index (Phi) is 3.87. The van der Waals surface area contributed by atoms with Gasteiger partial charge in [0.1, 0.15) is 0 Å². The number of nitrogens with zero attached hydrogens (tertiary/aromatic N) is 1. The molecular formula is C10H10F3NO2. The van der Waals surface area contributed by atoms with Crippen LogP contribution in [-0.2, 0) is 16.0 Å². The van der Waals surface area contributed by atoms with Crippen molar-refractivity contribution in [2.75, 3.05) is 7.11 Å². The Morgan fingerprint density at radius 1 is 1.56 bits per heavy atom. The zero-order valence-electron chi connectivity index (χ0n) is 8.76. The number of rotatable bonds is 3. The third-order valence-corrected chi connectivity index (χ3v) is 1.99. The van der Waals surface area contributed by atoms with E-state index in [1.54, 1.807) is 0 Å². The number of esters is 1. The number of alkyl halides is 2. The number of halogens is 3. The molecule has 0 saturated heterocycles. The van der Waals surface area contributed by atoms with E-state index in [2.05, 4.69) is 9.72 Å². The second-order valence-corrected chi connectivity index (χ2v) is 3.16. The average Bonchev–Trinajstić information content (AvgIpc) is 2.22. The lowest BCUT2D eigenvalue weighted by Crippen LogP contribution is -2.09. The molecule has 1 aromatic heterocycles. The first kappa shape index (κ1) is 12.5. The summed E-state index contributed by atoms with van der Waals surface area (Å²) in [4.78, 5) is 14.6. The summed E-state index contributed by atoms with van der Waals surface area (Å²) in [5.41, 5.74) is -0.829. The van der Waals surface area contributed by atoms with Gasteiger partial charge in [0.05, 0.1) is 30.5 Å². The summed E-state index contributed by atoms with van der Waals surface area (Å²) in [6, 6.07) is 0.879. The smallest absolute Gasteiger partial charge is 0.311 e. The minimum absolute atomic E-state index is 0.0704. The Morgan fingerprint density at radius 2 is 2.19 bits per heavy atom. The molecule has 1 rings (SSSR count). The molecule has 16 heavy (non-hydrogen) atoms. The largest absolute Gasteiger partial charge is 0.469 e. The summed E-state index contributed by atoms with van der Waals surface area (Å²) < 4.78 is 42.4. The molecule has 0 fully saturated rings. The van der Waals surface area contributed by atoms with Crippen LogP contribution in [0.2, 0.25) is 0 Å². The summed E-state index contributed by atoms with van der Waals surface area (Å²) in [6.07, 6.45) is -3.18. The molecule has 0 aliphatic rings. The quantitative estimate of drug-likeness (QED) is 0.751. The van der Waals surface area contributed by atoms with Crippen molar-refractivity contribution in [2.24, 2.45) is 0 Å². The van der Waals surface area contributed by atoms with E-state index in [0.29, 0.717) is 0 Å². The molecule has 88 valence electrons. The average molecular weight is 233 g/mol. The number of methoxy groups -OCH3 is 1. The molecule has 0 aliphatic carbocycles. The van der Waals surface area contributed by atoms with Gasteiger partial charge in [-0.3, -0.25) is 9.78 Å². The van der Waals surface area contributed by atoms with Gasteiger partial charge in [0, 0.05) is 0 Å². The van der Waals surface area contributed by atoms with Crippen molar-refractivity contribution in [3.63, 3.8) is 0 Å². The van der Waals surface area contributed by atoms with Crippen molar-refractivity contribution in [2.45, 2.75) is 19.8 Å². The molecule has 0 spiro atoms. The van der Waals surface area contributed by atoms with Gasteiger partial charge in [-0.1, -0.05) is 0 Å². The topological polar surface area (TPSA) is 39.2 Å². The van der Waals surface area contributed by atoms with Gasteiger partial charge in [-0.05, 0) is 13.0 Å². The molecule has 0 N–H and O–H groups in total. The monoisotopic (exact) mass is 233 g/mol. The van der Waals surface area contributed by atoms with Gasteiger partial charge in [0.2, 0.25) is 0 Å². The third-order valence-electron chi connectivity index (χ3n) is 1.99. The second kappa shape index (κ2) is 4.96. The molecule has 0 bridgehead atoms. The van der Waals surface area contributed by atoms with Crippen molar-refractivity contribution >= 4 is 5.97 Å². The normalized spacial score (nSPS) is 10.6. The summed E-state index contributed by atoms with van der Waals surface area (Å²) in [5.74, 6) is -1.65. The van der Waals surface area contributed by atoms with Gasteiger partial charge in [0.25, 0.3) is 6.43 Å². The minimum atomic E-state index is -2.93. The van der Waals surface area contributed by atoms with Crippen molar-refractivity contribution in [3.05, 3.63) is 28.8 Å². The first-order valence-corrected chi connectivity index (χ1v) is 4.46. The van der Waals surface area contributed by atoms with E-state index in [-0.39, 0.29) is 17.8 Å². The van der Waals surface area contributed by atoms with E-state index >= 15 is 0 Å². The van der Waals surface area contributed by atoms with Crippen molar-refractivity contribution in [1.29, 1.82) is 0 Å². The van der Waals surface area contributed by atoms with Crippen LogP contribution in [0.25, 0.3) is 0 Å². The number of carbonyl (C=O) groups is 1. The van der Waals surface area contributed by atoms with Gasteiger partial charge in [-0.15, -0.1) is 0 Å². The van der Waals surface area contributed by atoms with Crippen LogP contribution in [0.5, 0.6) is 0 Å². The van der Waals surface area contributed by atoms with Gasteiger partial charge < -0.3 is 4.74 Å². The molecule has 1 aromatic rings. The number of ether oxygens (including phenoxy) is 1. The predicted octanol–water partition coefficient (Wildman–Crippen LogP) is 2.18. The summed E-state index contributed by atoms with van der Waals surface area (Å²) in [7, 11) is 1.17. The third kappa shape index (κ3) is 2.71. The fraction of sp³-hybridized carbons (Fsp3) is 0.400. The number of pyridine rings is 1. The molecule has 0 aliphatic heterocycles. The minimum Gasteiger partial charge on any atom is -0.469 e. The van der Waals surface area contributed by atoms with Gasteiger partial charge in [-0.25, -0.2) is 13.2 Å².